The van der Waals surface area contributed by atoms with E-state index in [0.29, 0.717) is 12.6 Å². The number of rotatable bonds is 3. The molecule has 0 saturated heterocycles. The molecule has 0 N–H and O–H groups in total. The number of nitrogens with zero attached hydrogens (tertiary/aromatic N) is 3. The highest BCUT2D eigenvalue weighted by molar-refractivity contribution is 7.09. The van der Waals surface area contributed by atoms with Crippen LogP contribution in [0.1, 0.15) is 50.4 Å². The molecule has 0 spiro atoms. The second-order valence-corrected chi connectivity index (χ2v) is 7.17. The summed E-state index contributed by atoms with van der Waals surface area (Å²) < 4.78 is 3.60. The topological polar surface area (TPSA) is 39.8 Å². The third-order valence-corrected chi connectivity index (χ3v) is 4.27. The monoisotopic (exact) mass is 277 g/mol. The number of hydrogen-bond donors (Lipinski definition) is 0. The van der Waals surface area contributed by atoms with Gasteiger partial charge >= 0.3 is 5.69 Å². The highest BCUT2D eigenvalue weighted by Gasteiger charge is 2.25. The first-order valence-electron chi connectivity index (χ1n) is 6.67. The Labute approximate surface area is 116 Å². The minimum atomic E-state index is 0.0691. The Kier molecular flexibility index (Phi) is 2.89. The van der Waals surface area contributed by atoms with Crippen molar-refractivity contribution in [3.05, 3.63) is 39.0 Å². The summed E-state index contributed by atoms with van der Waals surface area (Å²) in [5, 5.41) is 3.10. The molecule has 0 unspecified atom stereocenters. The molecule has 2 aromatic heterocycles. The lowest BCUT2D eigenvalue weighted by Gasteiger charge is -2.14. The molecule has 3 rings (SSSR count). The van der Waals surface area contributed by atoms with Gasteiger partial charge < -0.3 is 0 Å². The maximum atomic E-state index is 12.2. The summed E-state index contributed by atoms with van der Waals surface area (Å²) in [6.45, 7) is 7.05. The molecular formula is C14H19N3OS. The van der Waals surface area contributed by atoms with Crippen molar-refractivity contribution in [2.24, 2.45) is 0 Å². The summed E-state index contributed by atoms with van der Waals surface area (Å²) in [6, 6.07) is 0.440. The van der Waals surface area contributed by atoms with E-state index >= 15 is 0 Å². The van der Waals surface area contributed by atoms with Crippen LogP contribution in [0.2, 0.25) is 0 Å². The Bertz CT molecular complexity index is 640. The number of thiazole rings is 1. The molecule has 102 valence electrons. The second-order valence-electron chi connectivity index (χ2n) is 6.22. The van der Waals surface area contributed by atoms with Gasteiger partial charge in [0.2, 0.25) is 0 Å². The van der Waals surface area contributed by atoms with E-state index in [0.717, 1.165) is 23.5 Å². The molecule has 1 saturated carbocycles. The van der Waals surface area contributed by atoms with Gasteiger partial charge in [-0.2, -0.15) is 0 Å². The maximum Gasteiger partial charge on any atom is 0.328 e. The summed E-state index contributed by atoms with van der Waals surface area (Å²) in [5.41, 5.74) is 1.26. The first-order chi connectivity index (χ1) is 8.95. The maximum absolute atomic E-state index is 12.2. The smallest absolute Gasteiger partial charge is 0.296 e. The molecule has 0 atom stereocenters. The molecule has 0 radical (unpaired) electrons. The largest absolute Gasteiger partial charge is 0.328 e. The van der Waals surface area contributed by atoms with Crippen molar-refractivity contribution in [2.45, 2.75) is 51.6 Å². The van der Waals surface area contributed by atoms with Crippen LogP contribution in [0.5, 0.6) is 0 Å². The number of hydrogen-bond acceptors (Lipinski definition) is 3. The lowest BCUT2D eigenvalue weighted by molar-refractivity contribution is 0.568. The Balaban J connectivity index is 1.81. The number of imidazole rings is 1. The molecule has 5 heteroatoms. The third-order valence-electron chi connectivity index (χ3n) is 3.44. The SMILES string of the molecule is CC(C)(C)c1csc(Cn2ccn(C3CC3)c2=O)n1. The van der Waals surface area contributed by atoms with Crippen LogP contribution in [0, 0.1) is 0 Å². The van der Waals surface area contributed by atoms with Crippen LogP contribution < -0.4 is 5.69 Å². The van der Waals surface area contributed by atoms with Crippen LogP contribution in [-0.2, 0) is 12.0 Å². The van der Waals surface area contributed by atoms with Crippen molar-refractivity contribution in [3.63, 3.8) is 0 Å². The Hall–Kier alpha value is -1.36. The van der Waals surface area contributed by atoms with Crippen LogP contribution in [0.3, 0.4) is 0 Å². The predicted molar refractivity (Wildman–Crippen MR) is 76.9 cm³/mol. The molecule has 1 aliphatic rings. The van der Waals surface area contributed by atoms with Gasteiger partial charge in [0.1, 0.15) is 5.01 Å². The average molecular weight is 277 g/mol. The van der Waals surface area contributed by atoms with Crippen LogP contribution in [-0.4, -0.2) is 14.1 Å². The molecule has 1 aliphatic carbocycles. The predicted octanol–water partition coefficient (Wildman–Crippen LogP) is 2.79. The highest BCUT2D eigenvalue weighted by Crippen LogP contribution is 2.33. The molecule has 4 nitrogen and oxygen atoms in total. The summed E-state index contributed by atoms with van der Waals surface area (Å²) >= 11 is 1.63. The zero-order valence-corrected chi connectivity index (χ0v) is 12.4. The molecule has 2 aromatic rings. The second kappa shape index (κ2) is 4.34. The van der Waals surface area contributed by atoms with Gasteiger partial charge in [-0.05, 0) is 12.8 Å². The summed E-state index contributed by atoms with van der Waals surface area (Å²) in [7, 11) is 0. The van der Waals surface area contributed by atoms with E-state index in [4.69, 9.17) is 0 Å². The van der Waals surface area contributed by atoms with E-state index in [2.05, 4.69) is 31.1 Å². The third kappa shape index (κ3) is 2.52. The van der Waals surface area contributed by atoms with Crippen LogP contribution in [0.4, 0.5) is 0 Å². The first-order valence-corrected chi connectivity index (χ1v) is 7.55. The van der Waals surface area contributed by atoms with Gasteiger partial charge in [-0.25, -0.2) is 9.78 Å². The Morgan fingerprint density at radius 3 is 2.68 bits per heavy atom. The highest BCUT2D eigenvalue weighted by atomic mass is 32.1. The first kappa shape index (κ1) is 12.7. The fourth-order valence-electron chi connectivity index (χ4n) is 2.05. The zero-order chi connectivity index (χ0) is 13.6. The van der Waals surface area contributed by atoms with E-state index in [1.807, 2.05) is 17.0 Å². The normalized spacial score (nSPS) is 15.9. The quantitative estimate of drug-likeness (QED) is 0.865. The standard InChI is InChI=1S/C14H19N3OS/c1-14(2,3)11-9-19-12(15-11)8-16-6-7-17(13(16)18)10-4-5-10/h6-7,9-10H,4-5,8H2,1-3H3. The van der Waals surface area contributed by atoms with Crippen LogP contribution >= 0.6 is 11.3 Å². The van der Waals surface area contributed by atoms with E-state index in [9.17, 15) is 4.79 Å². The minimum absolute atomic E-state index is 0.0691. The van der Waals surface area contributed by atoms with Gasteiger partial charge in [0, 0.05) is 29.2 Å². The zero-order valence-electron chi connectivity index (χ0n) is 11.6. The fraction of sp³-hybridized carbons (Fsp3) is 0.571. The Morgan fingerprint density at radius 1 is 1.37 bits per heavy atom. The van der Waals surface area contributed by atoms with Crippen molar-refractivity contribution < 1.29 is 0 Å². The van der Waals surface area contributed by atoms with Crippen molar-refractivity contribution in [1.29, 1.82) is 0 Å². The van der Waals surface area contributed by atoms with Crippen LogP contribution in [0.15, 0.2) is 22.6 Å². The minimum Gasteiger partial charge on any atom is -0.296 e. The molecule has 19 heavy (non-hydrogen) atoms. The van der Waals surface area contributed by atoms with E-state index in [1.54, 1.807) is 15.9 Å². The van der Waals surface area contributed by atoms with Crippen molar-refractivity contribution in [3.8, 4) is 0 Å². The average Bonchev–Trinajstić information content (AvgIpc) is 2.93. The molecule has 0 aromatic carbocycles. The number of aromatic nitrogens is 3. The van der Waals surface area contributed by atoms with Gasteiger partial charge in [-0.1, -0.05) is 20.8 Å². The van der Waals surface area contributed by atoms with E-state index in [-0.39, 0.29) is 11.1 Å². The van der Waals surface area contributed by atoms with Gasteiger partial charge in [0.05, 0.1) is 12.2 Å². The lowest BCUT2D eigenvalue weighted by Crippen LogP contribution is -2.23. The van der Waals surface area contributed by atoms with Gasteiger partial charge in [-0.3, -0.25) is 9.13 Å². The molecule has 0 aliphatic heterocycles. The summed E-state index contributed by atoms with van der Waals surface area (Å²) in [5.74, 6) is 0. The summed E-state index contributed by atoms with van der Waals surface area (Å²) in [4.78, 5) is 16.8. The Morgan fingerprint density at radius 2 is 2.11 bits per heavy atom. The molecule has 0 amide bonds. The van der Waals surface area contributed by atoms with Crippen LogP contribution in [0.25, 0.3) is 0 Å². The molecule has 1 fully saturated rings. The fourth-order valence-corrected chi connectivity index (χ4v) is 3.07. The molecule has 2 heterocycles. The van der Waals surface area contributed by atoms with Gasteiger partial charge in [0.15, 0.2) is 0 Å². The van der Waals surface area contributed by atoms with Gasteiger partial charge in [0.25, 0.3) is 0 Å². The van der Waals surface area contributed by atoms with E-state index < -0.39 is 0 Å². The van der Waals surface area contributed by atoms with Gasteiger partial charge in [-0.15, -0.1) is 11.3 Å². The molecule has 0 bridgehead atoms. The van der Waals surface area contributed by atoms with E-state index in [1.165, 1.54) is 0 Å². The molecular weight excluding hydrogens is 258 g/mol. The van der Waals surface area contributed by atoms with Crippen molar-refractivity contribution in [1.82, 2.24) is 14.1 Å². The van der Waals surface area contributed by atoms with Crippen molar-refractivity contribution >= 4 is 11.3 Å². The lowest BCUT2D eigenvalue weighted by atomic mass is 9.93. The summed E-state index contributed by atoms with van der Waals surface area (Å²) in [6.07, 6.45) is 6.04. The van der Waals surface area contributed by atoms with Crippen molar-refractivity contribution in [2.75, 3.05) is 0 Å².